The van der Waals surface area contributed by atoms with Crippen molar-refractivity contribution in [2.45, 2.75) is 6.54 Å². The Morgan fingerprint density at radius 3 is 2.79 bits per heavy atom. The number of aromatic nitrogens is 2. The molecule has 1 fully saturated rings. The summed E-state index contributed by atoms with van der Waals surface area (Å²) in [6.45, 7) is 4.51. The lowest BCUT2D eigenvalue weighted by Gasteiger charge is -2.26. The maximum absolute atomic E-state index is 11.9. The van der Waals surface area contributed by atoms with E-state index >= 15 is 0 Å². The van der Waals surface area contributed by atoms with Crippen LogP contribution in [0.2, 0.25) is 0 Å². The van der Waals surface area contributed by atoms with Gasteiger partial charge in [0.2, 0.25) is 10.0 Å². The molecule has 1 aromatic heterocycles. The minimum absolute atomic E-state index is 0.136. The molecule has 108 valence electrons. The van der Waals surface area contributed by atoms with Gasteiger partial charge < -0.3 is 9.88 Å². The second-order valence-electron chi connectivity index (χ2n) is 4.69. The van der Waals surface area contributed by atoms with Crippen LogP contribution in [0.4, 0.5) is 0 Å². The summed E-state index contributed by atoms with van der Waals surface area (Å²) in [6, 6.07) is 0. The molecule has 0 aromatic carbocycles. The highest BCUT2D eigenvalue weighted by molar-refractivity contribution is 7.89. The van der Waals surface area contributed by atoms with Crippen LogP contribution in [0.3, 0.4) is 0 Å². The van der Waals surface area contributed by atoms with Crippen molar-refractivity contribution in [3.8, 4) is 0 Å². The second-order valence-corrected chi connectivity index (χ2v) is 6.61. The summed E-state index contributed by atoms with van der Waals surface area (Å²) >= 11 is 0. The van der Waals surface area contributed by atoms with Gasteiger partial charge in [-0.1, -0.05) is 0 Å². The topological polar surface area (TPSA) is 79.3 Å². The zero-order valence-electron chi connectivity index (χ0n) is 11.2. The molecule has 1 aromatic rings. The van der Waals surface area contributed by atoms with Crippen molar-refractivity contribution < 1.29 is 8.42 Å². The number of hydrogen-bond donors (Lipinski definition) is 2. The van der Waals surface area contributed by atoms with E-state index in [1.54, 1.807) is 17.0 Å². The first-order chi connectivity index (χ1) is 9.07. The lowest BCUT2D eigenvalue weighted by Crippen LogP contribution is -2.45. The van der Waals surface area contributed by atoms with Gasteiger partial charge in [0.25, 0.3) is 0 Å². The second kappa shape index (κ2) is 6.47. The molecule has 0 unspecified atom stereocenters. The van der Waals surface area contributed by atoms with Crippen LogP contribution in [-0.2, 0) is 23.6 Å². The zero-order chi connectivity index (χ0) is 13.7. The van der Waals surface area contributed by atoms with E-state index in [1.807, 2.05) is 7.05 Å². The molecule has 0 saturated carbocycles. The lowest BCUT2D eigenvalue weighted by molar-refractivity contribution is 0.253. The van der Waals surface area contributed by atoms with Crippen LogP contribution in [0.5, 0.6) is 0 Å². The van der Waals surface area contributed by atoms with Crippen molar-refractivity contribution in [1.82, 2.24) is 24.5 Å². The Kier molecular flexibility index (Phi) is 4.92. The SMILES string of the molecule is Cn1ccnc1CNS(=O)(=O)CCN1CCNCC1. The van der Waals surface area contributed by atoms with Crippen molar-refractivity contribution in [2.75, 3.05) is 38.5 Å². The number of aryl methyl sites for hydroxylation is 1. The molecule has 2 rings (SSSR count). The van der Waals surface area contributed by atoms with E-state index in [0.717, 1.165) is 26.2 Å². The molecule has 1 saturated heterocycles. The number of hydrogen-bond acceptors (Lipinski definition) is 5. The summed E-state index contributed by atoms with van der Waals surface area (Å²) in [4.78, 5) is 6.25. The molecule has 19 heavy (non-hydrogen) atoms. The summed E-state index contributed by atoms with van der Waals surface area (Å²) in [7, 11) is -1.39. The Morgan fingerprint density at radius 2 is 2.16 bits per heavy atom. The van der Waals surface area contributed by atoms with Gasteiger partial charge in [-0.3, -0.25) is 4.90 Å². The fourth-order valence-corrected chi connectivity index (χ4v) is 2.99. The molecular weight excluding hydrogens is 266 g/mol. The third-order valence-corrected chi connectivity index (χ3v) is 4.56. The summed E-state index contributed by atoms with van der Waals surface area (Å²) in [5.74, 6) is 0.850. The average Bonchev–Trinajstić information content (AvgIpc) is 2.81. The van der Waals surface area contributed by atoms with E-state index in [0.29, 0.717) is 12.4 Å². The van der Waals surface area contributed by atoms with Crippen molar-refractivity contribution >= 4 is 10.0 Å². The predicted molar refractivity (Wildman–Crippen MR) is 73.1 cm³/mol. The van der Waals surface area contributed by atoms with E-state index < -0.39 is 10.0 Å². The number of piperazine rings is 1. The molecule has 0 spiro atoms. The van der Waals surface area contributed by atoms with Crippen LogP contribution in [0.15, 0.2) is 12.4 Å². The van der Waals surface area contributed by atoms with Gasteiger partial charge in [-0.15, -0.1) is 0 Å². The molecule has 0 amide bonds. The highest BCUT2D eigenvalue weighted by Gasteiger charge is 2.15. The standard InChI is InChI=1S/C11H21N5O2S/c1-15-5-4-13-11(15)10-14-19(17,18)9-8-16-6-2-12-3-7-16/h4-5,12,14H,2-3,6-10H2,1H3. The summed E-state index contributed by atoms with van der Waals surface area (Å²) < 4.78 is 28.2. The molecule has 1 aliphatic rings. The Morgan fingerprint density at radius 1 is 1.42 bits per heavy atom. The van der Waals surface area contributed by atoms with Gasteiger partial charge in [-0.05, 0) is 0 Å². The minimum atomic E-state index is -3.24. The van der Waals surface area contributed by atoms with Crippen molar-refractivity contribution in [3.63, 3.8) is 0 Å². The summed E-state index contributed by atoms with van der Waals surface area (Å²) in [5, 5.41) is 3.24. The van der Waals surface area contributed by atoms with E-state index in [-0.39, 0.29) is 12.3 Å². The highest BCUT2D eigenvalue weighted by Crippen LogP contribution is 1.97. The van der Waals surface area contributed by atoms with Gasteiger partial charge >= 0.3 is 0 Å². The van der Waals surface area contributed by atoms with Crippen LogP contribution >= 0.6 is 0 Å². The van der Waals surface area contributed by atoms with Gasteiger partial charge in [0.05, 0.1) is 12.3 Å². The predicted octanol–water partition coefficient (Wildman–Crippen LogP) is -1.26. The van der Waals surface area contributed by atoms with Crippen molar-refractivity contribution in [1.29, 1.82) is 0 Å². The first-order valence-electron chi connectivity index (χ1n) is 6.43. The number of nitrogens with zero attached hydrogens (tertiary/aromatic N) is 3. The van der Waals surface area contributed by atoms with Crippen LogP contribution in [0, 0.1) is 0 Å². The smallest absolute Gasteiger partial charge is 0.213 e. The first kappa shape index (κ1) is 14.4. The lowest BCUT2D eigenvalue weighted by atomic mass is 10.4. The molecule has 7 nitrogen and oxygen atoms in total. The minimum Gasteiger partial charge on any atom is -0.337 e. The molecule has 0 aliphatic carbocycles. The van der Waals surface area contributed by atoms with Crippen LogP contribution < -0.4 is 10.0 Å². The van der Waals surface area contributed by atoms with Crippen LogP contribution in [0.25, 0.3) is 0 Å². The van der Waals surface area contributed by atoms with Gasteiger partial charge in [0.15, 0.2) is 0 Å². The van der Waals surface area contributed by atoms with E-state index in [9.17, 15) is 8.42 Å². The maximum Gasteiger partial charge on any atom is 0.213 e. The molecule has 2 heterocycles. The third-order valence-electron chi connectivity index (χ3n) is 3.26. The Labute approximate surface area is 114 Å². The average molecular weight is 287 g/mol. The van der Waals surface area contributed by atoms with Crippen LogP contribution in [0.1, 0.15) is 5.82 Å². The Bertz CT molecular complexity index is 493. The monoisotopic (exact) mass is 287 g/mol. The molecule has 0 bridgehead atoms. The van der Waals surface area contributed by atoms with Gasteiger partial charge in [-0.25, -0.2) is 18.1 Å². The van der Waals surface area contributed by atoms with Gasteiger partial charge in [-0.2, -0.15) is 0 Å². The van der Waals surface area contributed by atoms with E-state index in [2.05, 4.69) is 19.9 Å². The number of imidazole rings is 1. The number of sulfonamides is 1. The molecule has 8 heteroatoms. The van der Waals surface area contributed by atoms with Crippen molar-refractivity contribution in [2.24, 2.45) is 7.05 Å². The van der Waals surface area contributed by atoms with Gasteiger partial charge in [0, 0.05) is 52.2 Å². The highest BCUT2D eigenvalue weighted by atomic mass is 32.2. The van der Waals surface area contributed by atoms with Crippen molar-refractivity contribution in [3.05, 3.63) is 18.2 Å². The number of rotatable bonds is 6. The van der Waals surface area contributed by atoms with Gasteiger partial charge in [0.1, 0.15) is 5.82 Å². The fraction of sp³-hybridized carbons (Fsp3) is 0.727. The molecule has 0 radical (unpaired) electrons. The quantitative estimate of drug-likeness (QED) is 0.683. The maximum atomic E-state index is 11.9. The largest absolute Gasteiger partial charge is 0.337 e. The summed E-state index contributed by atoms with van der Waals surface area (Å²) in [5.41, 5.74) is 0. The Balaban J connectivity index is 1.76. The molecule has 0 atom stereocenters. The number of nitrogens with one attached hydrogen (secondary N) is 2. The normalized spacial score (nSPS) is 17.7. The first-order valence-corrected chi connectivity index (χ1v) is 8.09. The fourth-order valence-electron chi connectivity index (χ4n) is 2.00. The van der Waals surface area contributed by atoms with E-state index in [1.165, 1.54) is 0 Å². The summed E-state index contributed by atoms with van der Waals surface area (Å²) in [6.07, 6.45) is 3.45. The molecule has 1 aliphatic heterocycles. The zero-order valence-corrected chi connectivity index (χ0v) is 12.0. The third kappa shape index (κ3) is 4.57. The van der Waals surface area contributed by atoms with Crippen LogP contribution in [-0.4, -0.2) is 61.3 Å². The van der Waals surface area contributed by atoms with E-state index in [4.69, 9.17) is 0 Å². The Hall–Kier alpha value is -0.960. The molecular formula is C11H21N5O2S. The molecule has 2 N–H and O–H groups in total.